The van der Waals surface area contributed by atoms with Crippen molar-refractivity contribution in [3.63, 3.8) is 0 Å². The highest BCUT2D eigenvalue weighted by atomic mass is 35.5. The fourth-order valence-electron chi connectivity index (χ4n) is 5.77. The number of aromatic amines is 1. The maximum absolute atomic E-state index is 14.0. The molecule has 2 aliphatic rings. The SMILES string of the molecule is CC[C@@H]1CN(c2nc(Cl)nc3[nH]c(C)nc23)[C@@H](C)CN1C(c1ccc(C(F)(F)F)cc1)C1CC(F)(F)C1. The zero-order valence-corrected chi connectivity index (χ0v) is 21.4. The summed E-state index contributed by atoms with van der Waals surface area (Å²) in [5, 5.41) is 0.0909. The molecule has 0 bridgehead atoms. The quantitative estimate of drug-likeness (QED) is 0.298. The van der Waals surface area contributed by atoms with Gasteiger partial charge in [-0.15, -0.1) is 0 Å². The van der Waals surface area contributed by atoms with Crippen molar-refractivity contribution < 1.29 is 22.0 Å². The standard InChI is InChI=1S/C25H28ClF5N6/c1-4-18-12-36(22-19-21(33-14(3)32-19)34-23(26)35-22)13(2)11-37(18)20(16-9-24(27,28)10-16)15-5-7-17(8-6-15)25(29,30)31/h5-8,13,16,18,20H,4,9-12H2,1-3H3,(H,32,33,34,35)/t13-,18+,20?/m0/s1. The first-order valence-electron chi connectivity index (χ1n) is 12.3. The molecule has 5 rings (SSSR count). The van der Waals surface area contributed by atoms with Crippen LogP contribution in [0, 0.1) is 12.8 Å². The normalized spacial score (nSPS) is 23.9. The lowest BCUT2D eigenvalue weighted by atomic mass is 9.72. The first kappa shape index (κ1) is 26.1. The number of imidazole rings is 1. The van der Waals surface area contributed by atoms with Crippen molar-refractivity contribution in [2.75, 3.05) is 18.0 Å². The van der Waals surface area contributed by atoms with Gasteiger partial charge in [-0.05, 0) is 55.5 Å². The number of H-pyrrole nitrogens is 1. The van der Waals surface area contributed by atoms with Gasteiger partial charge >= 0.3 is 6.18 Å². The zero-order chi connectivity index (χ0) is 26.7. The molecule has 3 heterocycles. The Bertz CT molecular complexity index is 1270. The lowest BCUT2D eigenvalue weighted by Gasteiger charge is -2.53. The van der Waals surface area contributed by atoms with E-state index in [2.05, 4.69) is 29.7 Å². The summed E-state index contributed by atoms with van der Waals surface area (Å²) in [6.45, 7) is 6.90. The molecule has 1 saturated heterocycles. The molecule has 37 heavy (non-hydrogen) atoms. The molecular formula is C25H28ClF5N6. The molecule has 0 amide bonds. The molecule has 1 saturated carbocycles. The highest BCUT2D eigenvalue weighted by molar-refractivity contribution is 6.28. The number of anilines is 1. The molecule has 2 aromatic heterocycles. The third-order valence-electron chi connectivity index (χ3n) is 7.55. The molecule has 1 N–H and O–H groups in total. The minimum atomic E-state index is -4.46. The van der Waals surface area contributed by atoms with Crippen LogP contribution in [0.3, 0.4) is 0 Å². The molecule has 3 aromatic rings. The van der Waals surface area contributed by atoms with E-state index in [0.29, 0.717) is 47.9 Å². The van der Waals surface area contributed by atoms with Gasteiger partial charge in [-0.3, -0.25) is 4.90 Å². The molecular weight excluding hydrogens is 515 g/mol. The molecule has 1 aliphatic carbocycles. The highest BCUT2D eigenvalue weighted by Crippen LogP contribution is 2.51. The van der Waals surface area contributed by atoms with Gasteiger partial charge in [-0.25, -0.2) is 13.8 Å². The van der Waals surface area contributed by atoms with Crippen molar-refractivity contribution in [2.24, 2.45) is 5.92 Å². The molecule has 6 nitrogen and oxygen atoms in total. The van der Waals surface area contributed by atoms with E-state index in [0.717, 1.165) is 12.1 Å². The second-order valence-corrected chi connectivity index (χ2v) is 10.5. The predicted octanol–water partition coefficient (Wildman–Crippen LogP) is 6.41. The number of fused-ring (bicyclic) bond motifs is 1. The van der Waals surface area contributed by atoms with Crippen LogP contribution in [0.25, 0.3) is 11.2 Å². The maximum Gasteiger partial charge on any atom is 0.416 e. The van der Waals surface area contributed by atoms with E-state index in [-0.39, 0.29) is 36.1 Å². The average Bonchev–Trinajstić information content (AvgIpc) is 3.17. The summed E-state index contributed by atoms with van der Waals surface area (Å²) in [5.41, 5.74) is 1.02. The summed E-state index contributed by atoms with van der Waals surface area (Å²) >= 11 is 6.21. The van der Waals surface area contributed by atoms with Crippen LogP contribution in [0.15, 0.2) is 24.3 Å². The van der Waals surface area contributed by atoms with Crippen LogP contribution in [0.4, 0.5) is 27.8 Å². The summed E-state index contributed by atoms with van der Waals surface area (Å²) in [6, 6.07) is 4.40. The van der Waals surface area contributed by atoms with Crippen LogP contribution in [-0.4, -0.2) is 55.9 Å². The number of rotatable bonds is 5. The molecule has 2 fully saturated rings. The Morgan fingerprint density at radius 1 is 1.11 bits per heavy atom. The summed E-state index contributed by atoms with van der Waals surface area (Å²) < 4.78 is 67.5. The lowest BCUT2D eigenvalue weighted by molar-refractivity contribution is -0.138. The summed E-state index contributed by atoms with van der Waals surface area (Å²) in [5.74, 6) is -1.81. The van der Waals surface area contributed by atoms with Gasteiger partial charge in [0.05, 0.1) is 5.56 Å². The number of aryl methyl sites for hydroxylation is 1. The second kappa shape index (κ2) is 9.34. The Kier molecular flexibility index (Phi) is 6.59. The number of alkyl halides is 5. The average molecular weight is 543 g/mol. The maximum atomic E-state index is 14.0. The van der Waals surface area contributed by atoms with Crippen LogP contribution in [0.1, 0.15) is 56.1 Å². The van der Waals surface area contributed by atoms with Gasteiger partial charge < -0.3 is 9.88 Å². The fourth-order valence-corrected chi connectivity index (χ4v) is 5.94. The van der Waals surface area contributed by atoms with E-state index in [1.807, 2.05) is 20.8 Å². The molecule has 1 unspecified atom stereocenters. The summed E-state index contributed by atoms with van der Waals surface area (Å²) in [6.07, 6.45) is -4.31. The first-order chi connectivity index (χ1) is 17.4. The van der Waals surface area contributed by atoms with Crippen LogP contribution < -0.4 is 4.90 Å². The number of piperazine rings is 1. The summed E-state index contributed by atoms with van der Waals surface area (Å²) in [7, 11) is 0. The topological polar surface area (TPSA) is 60.9 Å². The van der Waals surface area contributed by atoms with Crippen molar-refractivity contribution in [2.45, 2.75) is 70.3 Å². The Hall–Kier alpha value is -2.53. The van der Waals surface area contributed by atoms with E-state index in [1.165, 1.54) is 12.1 Å². The Morgan fingerprint density at radius 2 is 1.78 bits per heavy atom. The third-order valence-corrected chi connectivity index (χ3v) is 7.72. The van der Waals surface area contributed by atoms with E-state index >= 15 is 0 Å². The molecule has 1 aliphatic heterocycles. The third kappa shape index (κ3) is 4.99. The molecule has 0 spiro atoms. The number of aromatic nitrogens is 4. The minimum Gasteiger partial charge on any atom is -0.349 e. The van der Waals surface area contributed by atoms with Crippen LogP contribution in [-0.2, 0) is 6.18 Å². The largest absolute Gasteiger partial charge is 0.416 e. The van der Waals surface area contributed by atoms with Gasteiger partial charge in [0.25, 0.3) is 0 Å². The molecule has 0 radical (unpaired) electrons. The number of halogens is 6. The molecule has 12 heteroatoms. The van der Waals surface area contributed by atoms with Crippen LogP contribution >= 0.6 is 11.6 Å². The van der Waals surface area contributed by atoms with E-state index in [4.69, 9.17) is 11.6 Å². The molecule has 1 aromatic carbocycles. The lowest BCUT2D eigenvalue weighted by Crippen LogP contribution is -2.60. The van der Waals surface area contributed by atoms with Gasteiger partial charge in [0.1, 0.15) is 5.82 Å². The predicted molar refractivity (Wildman–Crippen MR) is 131 cm³/mol. The zero-order valence-electron chi connectivity index (χ0n) is 20.7. The highest BCUT2D eigenvalue weighted by Gasteiger charge is 2.52. The van der Waals surface area contributed by atoms with E-state index < -0.39 is 23.7 Å². The second-order valence-electron chi connectivity index (χ2n) is 10.2. The van der Waals surface area contributed by atoms with Crippen molar-refractivity contribution >= 4 is 28.6 Å². The monoisotopic (exact) mass is 542 g/mol. The first-order valence-corrected chi connectivity index (χ1v) is 12.7. The van der Waals surface area contributed by atoms with E-state index in [9.17, 15) is 22.0 Å². The van der Waals surface area contributed by atoms with Gasteiger partial charge in [0.2, 0.25) is 11.2 Å². The number of nitrogens with zero attached hydrogens (tertiary/aromatic N) is 5. The van der Waals surface area contributed by atoms with Gasteiger partial charge in [-0.1, -0.05) is 19.1 Å². The number of hydrogen-bond acceptors (Lipinski definition) is 5. The van der Waals surface area contributed by atoms with E-state index in [1.54, 1.807) is 0 Å². The smallest absolute Gasteiger partial charge is 0.349 e. The van der Waals surface area contributed by atoms with Crippen LogP contribution in [0.5, 0.6) is 0 Å². The van der Waals surface area contributed by atoms with Crippen molar-refractivity contribution in [3.8, 4) is 0 Å². The van der Waals surface area contributed by atoms with Gasteiger partial charge in [-0.2, -0.15) is 23.1 Å². The Balaban J connectivity index is 1.48. The molecule has 3 atom stereocenters. The number of nitrogens with one attached hydrogen (secondary N) is 1. The van der Waals surface area contributed by atoms with Gasteiger partial charge in [0, 0.05) is 44.1 Å². The van der Waals surface area contributed by atoms with Crippen LogP contribution in [0.2, 0.25) is 5.28 Å². The molecule has 200 valence electrons. The Labute approximate surface area is 216 Å². The number of benzene rings is 1. The van der Waals surface area contributed by atoms with Crippen molar-refractivity contribution in [3.05, 3.63) is 46.5 Å². The summed E-state index contributed by atoms with van der Waals surface area (Å²) in [4.78, 5) is 20.6. The number of hydrogen-bond donors (Lipinski definition) is 1. The van der Waals surface area contributed by atoms with Crippen molar-refractivity contribution in [1.29, 1.82) is 0 Å². The fraction of sp³-hybridized carbons (Fsp3) is 0.560. The van der Waals surface area contributed by atoms with Gasteiger partial charge in [0.15, 0.2) is 17.0 Å². The minimum absolute atomic E-state index is 0.0541. The van der Waals surface area contributed by atoms with Crippen molar-refractivity contribution in [1.82, 2.24) is 24.8 Å². The Morgan fingerprint density at radius 3 is 2.38 bits per heavy atom.